The van der Waals surface area contributed by atoms with Crippen molar-refractivity contribution in [1.29, 1.82) is 0 Å². The van der Waals surface area contributed by atoms with E-state index in [0.717, 1.165) is 23.3 Å². The van der Waals surface area contributed by atoms with Gasteiger partial charge in [0.15, 0.2) is 5.75 Å². The molecule has 60 heavy (non-hydrogen) atoms. The van der Waals surface area contributed by atoms with E-state index in [1.807, 2.05) is 0 Å². The number of aromatic hydroxyl groups is 1. The number of phenolic OH excluding ortho intramolecular Hbond substituents is 1. The molecule has 0 bridgehead atoms. The van der Waals surface area contributed by atoms with E-state index in [9.17, 15) is 31.0 Å². The zero-order valence-electron chi connectivity index (χ0n) is 32.3. The Morgan fingerprint density at radius 3 is 1.17 bits per heavy atom. The Morgan fingerprint density at radius 1 is 0.467 bits per heavy atom. The number of aryl methyl sites for hydroxylation is 2. The van der Waals surface area contributed by atoms with Gasteiger partial charge in [-0.05, 0) is 115 Å². The summed E-state index contributed by atoms with van der Waals surface area (Å²) in [6.45, 7) is 3.59. The second kappa shape index (κ2) is 18.9. The Hall–Kier alpha value is -5.40. The normalized spacial score (nSPS) is 12.1. The van der Waals surface area contributed by atoms with Crippen molar-refractivity contribution in [3.8, 4) is 5.75 Å². The molecule has 0 saturated carbocycles. The Bertz CT molecular complexity index is 2790. The predicted molar refractivity (Wildman–Crippen MR) is 231 cm³/mol. The van der Waals surface area contributed by atoms with E-state index in [1.54, 1.807) is 38.1 Å². The zero-order chi connectivity index (χ0) is 42.1. The third-order valence-electron chi connectivity index (χ3n) is 8.48. The van der Waals surface area contributed by atoms with Gasteiger partial charge in [-0.3, -0.25) is 9.11 Å². The van der Waals surface area contributed by atoms with Crippen LogP contribution >= 0.6 is 0 Å². The topological polar surface area (TPSA) is 358 Å². The number of nitrogen functional groups attached to an aromatic ring is 5. The van der Waals surface area contributed by atoms with Gasteiger partial charge < -0.3 is 33.8 Å². The molecule has 0 saturated heterocycles. The summed E-state index contributed by atoms with van der Waals surface area (Å²) >= 11 is 0. The van der Waals surface area contributed by atoms with Gasteiger partial charge in [0.2, 0.25) is 0 Å². The Balaban J connectivity index is 0.00000397. The Kier molecular flexibility index (Phi) is 14.9. The van der Waals surface area contributed by atoms with Crippen molar-refractivity contribution >= 4 is 164 Å². The van der Waals surface area contributed by atoms with Crippen LogP contribution < -0.4 is 28.7 Å². The van der Waals surface area contributed by atoms with E-state index in [4.69, 9.17) is 28.7 Å². The van der Waals surface area contributed by atoms with Gasteiger partial charge in [-0.1, -0.05) is 0 Å². The molecule has 0 aliphatic heterocycles. The van der Waals surface area contributed by atoms with E-state index >= 15 is 0 Å². The SMILES string of the molecule is Cc1cc(N=Nc2ccc(N=Nc3c(S(=O)(=O)O)cc4cc(S(=O)(=O)O)c(N=Nc5ccc(N=Nc6cc(C)c(N)cc6N)cc5)c(O)c4c3N)cc2)c(N)cc1N.[Na].[Na]. The van der Waals surface area contributed by atoms with Crippen LogP contribution in [-0.4, -0.2) is 90.2 Å². The van der Waals surface area contributed by atoms with Crippen molar-refractivity contribution in [1.82, 2.24) is 0 Å². The van der Waals surface area contributed by atoms with Crippen LogP contribution in [0.25, 0.3) is 10.8 Å². The third kappa shape index (κ3) is 10.7. The van der Waals surface area contributed by atoms with Crippen molar-refractivity contribution < 1.29 is 31.0 Å². The third-order valence-corrected chi connectivity index (χ3v) is 10.2. The summed E-state index contributed by atoms with van der Waals surface area (Å²) in [6.07, 6.45) is 0. The number of hydrogen-bond donors (Lipinski definition) is 8. The van der Waals surface area contributed by atoms with Crippen molar-refractivity contribution in [2.45, 2.75) is 23.6 Å². The van der Waals surface area contributed by atoms with Crippen LogP contribution in [0.15, 0.2) is 136 Å². The van der Waals surface area contributed by atoms with E-state index in [1.165, 1.54) is 48.5 Å². The van der Waals surface area contributed by atoms with Gasteiger partial charge >= 0.3 is 0 Å². The molecular weight excluding hydrogens is 837 g/mol. The number of rotatable bonds is 10. The first-order valence-electron chi connectivity index (χ1n) is 16.6. The first kappa shape index (κ1) is 47.3. The van der Waals surface area contributed by atoms with Crippen LogP contribution in [0.1, 0.15) is 11.1 Å². The Morgan fingerprint density at radius 2 is 0.800 bits per heavy atom. The Labute approximate surface area is 386 Å². The average molecular weight is 870 g/mol. The molecule has 0 heterocycles. The van der Waals surface area contributed by atoms with Gasteiger partial charge in [-0.15, -0.1) is 20.5 Å². The first-order chi connectivity index (χ1) is 27.3. The molecule has 13 N–H and O–H groups in total. The quantitative estimate of drug-likeness (QED) is 0.0278. The largest absolute Gasteiger partial charge is 0.505 e. The fourth-order valence-electron chi connectivity index (χ4n) is 5.34. The fraction of sp³-hybridized carbons (Fsp3) is 0.0556. The molecule has 20 nitrogen and oxygen atoms in total. The summed E-state index contributed by atoms with van der Waals surface area (Å²) < 4.78 is 70.1. The fourth-order valence-corrected chi connectivity index (χ4v) is 6.67. The molecular formula is C36H33N13Na2O7S2. The average Bonchev–Trinajstić information content (AvgIpc) is 3.15. The van der Waals surface area contributed by atoms with E-state index in [2.05, 4.69) is 40.9 Å². The van der Waals surface area contributed by atoms with Gasteiger partial charge in [-0.25, -0.2) is 0 Å². The maximum atomic E-state index is 12.5. The zero-order valence-corrected chi connectivity index (χ0v) is 38.0. The molecule has 0 spiro atoms. The molecule has 0 atom stereocenters. The summed E-state index contributed by atoms with van der Waals surface area (Å²) in [4.78, 5) is -1.84. The van der Waals surface area contributed by atoms with Crippen LogP contribution in [-0.2, 0) is 20.2 Å². The van der Waals surface area contributed by atoms with Gasteiger partial charge in [0, 0.05) is 70.5 Å². The van der Waals surface area contributed by atoms with Crippen LogP contribution in [0, 0.1) is 13.8 Å². The van der Waals surface area contributed by atoms with Crippen LogP contribution in [0.4, 0.5) is 73.9 Å². The molecule has 0 amide bonds. The number of benzene rings is 6. The number of nitrogens with two attached hydrogens (primary N) is 5. The summed E-state index contributed by atoms with van der Waals surface area (Å²) in [5.41, 5.74) is 33.3. The minimum atomic E-state index is -5.13. The monoisotopic (exact) mass is 869 g/mol. The van der Waals surface area contributed by atoms with E-state index in [0.29, 0.717) is 45.5 Å². The molecule has 0 aliphatic carbocycles. The van der Waals surface area contributed by atoms with Crippen molar-refractivity contribution in [2.24, 2.45) is 40.9 Å². The summed E-state index contributed by atoms with van der Waals surface area (Å²) in [5.74, 6) is -0.918. The second-order valence-electron chi connectivity index (χ2n) is 12.6. The van der Waals surface area contributed by atoms with Crippen LogP contribution in [0.2, 0.25) is 0 Å². The predicted octanol–water partition coefficient (Wildman–Crippen LogP) is 8.47. The molecule has 6 aromatic rings. The molecule has 0 fully saturated rings. The smallest absolute Gasteiger partial charge is 0.296 e. The van der Waals surface area contributed by atoms with Gasteiger partial charge in [0.25, 0.3) is 20.2 Å². The maximum Gasteiger partial charge on any atom is 0.296 e. The number of anilines is 5. The molecule has 0 aliphatic rings. The van der Waals surface area contributed by atoms with Gasteiger partial charge in [0.05, 0.1) is 45.2 Å². The van der Waals surface area contributed by atoms with Gasteiger partial charge in [0.1, 0.15) is 32.5 Å². The van der Waals surface area contributed by atoms with E-state index in [-0.39, 0.29) is 81.3 Å². The minimum absolute atomic E-state index is 0. The van der Waals surface area contributed by atoms with Crippen molar-refractivity contribution in [3.63, 3.8) is 0 Å². The molecule has 2 radical (unpaired) electrons. The molecule has 6 aromatic carbocycles. The number of nitrogens with zero attached hydrogens (tertiary/aromatic N) is 8. The van der Waals surface area contributed by atoms with Crippen molar-refractivity contribution in [3.05, 3.63) is 96.1 Å². The van der Waals surface area contributed by atoms with Crippen LogP contribution in [0.3, 0.4) is 0 Å². The van der Waals surface area contributed by atoms with Crippen molar-refractivity contribution in [2.75, 3.05) is 28.7 Å². The molecule has 0 aromatic heterocycles. The number of hydrogen-bond acceptors (Lipinski definition) is 18. The molecule has 298 valence electrons. The summed E-state index contributed by atoms with van der Waals surface area (Å²) in [6, 6.07) is 20.1. The number of fused-ring (bicyclic) bond motifs is 1. The number of phenols is 1. The molecule has 6 rings (SSSR count). The summed E-state index contributed by atoms with van der Waals surface area (Å²) in [5, 5.41) is 43.1. The molecule has 0 unspecified atom stereocenters. The number of azo groups is 4. The van der Waals surface area contributed by atoms with Gasteiger partial charge in [-0.2, -0.15) is 37.3 Å². The summed E-state index contributed by atoms with van der Waals surface area (Å²) in [7, 11) is -10.2. The standard InChI is InChI=1S/C36H33N13O7S2.2Na/c1-17-11-28(26(39)15-24(17)37)46-42-20-3-7-22(8-4-20)44-48-34-30(57(51,52)53)13-19-14-31(58(54,55)56)35(36(50)32(19)33(34)41)49-45-23-9-5-21(6-10-23)43-47-29-12-18(2)25(38)16-27(29)40;;/h3-16,50H,37-41H2,1-2H3,(H,51,52,53)(H,54,55,56);;. The molecule has 24 heteroatoms. The maximum absolute atomic E-state index is 12.5. The van der Waals surface area contributed by atoms with E-state index < -0.39 is 52.8 Å². The second-order valence-corrected chi connectivity index (χ2v) is 15.4. The van der Waals surface area contributed by atoms with Crippen LogP contribution in [0.5, 0.6) is 5.75 Å². The first-order valence-corrected chi connectivity index (χ1v) is 19.4. The minimum Gasteiger partial charge on any atom is -0.505 e.